The molecular weight excluding hydrogens is 217 g/mol. The van der Waals surface area contributed by atoms with Crippen molar-refractivity contribution >= 4 is 9.84 Å². The van der Waals surface area contributed by atoms with Crippen LogP contribution in [0, 0.1) is 5.82 Å². The number of halogens is 1. The number of hydrogen-bond donors (Lipinski definition) is 1. The van der Waals surface area contributed by atoms with Gasteiger partial charge in [0.25, 0.3) is 0 Å². The molecule has 0 fully saturated rings. The van der Waals surface area contributed by atoms with E-state index in [1.54, 1.807) is 18.2 Å². The third-order valence-corrected chi connectivity index (χ3v) is 3.14. The first kappa shape index (κ1) is 12.1. The van der Waals surface area contributed by atoms with E-state index in [1.807, 2.05) is 0 Å². The summed E-state index contributed by atoms with van der Waals surface area (Å²) in [6, 6.07) is 6.11. The van der Waals surface area contributed by atoms with Gasteiger partial charge in [-0.1, -0.05) is 18.2 Å². The van der Waals surface area contributed by atoms with Crippen molar-refractivity contribution in [3.05, 3.63) is 35.6 Å². The Hall–Kier alpha value is -0.940. The Morgan fingerprint density at radius 2 is 2.00 bits per heavy atom. The van der Waals surface area contributed by atoms with E-state index >= 15 is 0 Å². The van der Waals surface area contributed by atoms with E-state index in [0.717, 1.165) is 6.26 Å². The van der Waals surface area contributed by atoms with Crippen LogP contribution in [0.5, 0.6) is 0 Å². The van der Waals surface area contributed by atoms with Gasteiger partial charge in [0.1, 0.15) is 15.7 Å². The quantitative estimate of drug-likeness (QED) is 0.838. The average molecular weight is 231 g/mol. The molecule has 0 spiro atoms. The van der Waals surface area contributed by atoms with Gasteiger partial charge in [-0.3, -0.25) is 0 Å². The van der Waals surface area contributed by atoms with Crippen molar-refractivity contribution in [2.75, 3.05) is 18.6 Å². The van der Waals surface area contributed by atoms with Crippen LogP contribution in [0.4, 0.5) is 4.39 Å². The van der Waals surface area contributed by atoms with E-state index in [2.05, 4.69) is 0 Å². The summed E-state index contributed by atoms with van der Waals surface area (Å²) in [6.45, 7) is 0.119. The van der Waals surface area contributed by atoms with Crippen molar-refractivity contribution in [3.63, 3.8) is 0 Å². The SMILES string of the molecule is CS(=O)(=O)CC(CN)c1ccccc1F. The van der Waals surface area contributed by atoms with Crippen molar-refractivity contribution in [2.45, 2.75) is 5.92 Å². The molecule has 0 saturated heterocycles. The van der Waals surface area contributed by atoms with E-state index in [4.69, 9.17) is 5.73 Å². The van der Waals surface area contributed by atoms with Gasteiger partial charge in [0, 0.05) is 18.7 Å². The van der Waals surface area contributed by atoms with Crippen LogP contribution >= 0.6 is 0 Å². The van der Waals surface area contributed by atoms with Crippen LogP contribution in [0.1, 0.15) is 11.5 Å². The fourth-order valence-electron chi connectivity index (χ4n) is 1.46. The highest BCUT2D eigenvalue weighted by atomic mass is 32.2. The van der Waals surface area contributed by atoms with Gasteiger partial charge in [0.2, 0.25) is 0 Å². The van der Waals surface area contributed by atoms with Gasteiger partial charge in [-0.05, 0) is 11.6 Å². The highest BCUT2D eigenvalue weighted by Gasteiger charge is 2.18. The topological polar surface area (TPSA) is 60.2 Å². The van der Waals surface area contributed by atoms with Gasteiger partial charge in [-0.25, -0.2) is 12.8 Å². The Balaban J connectivity index is 2.98. The van der Waals surface area contributed by atoms with Crippen LogP contribution in [0.2, 0.25) is 0 Å². The standard InChI is InChI=1S/C10H14FNO2S/c1-15(13,14)7-8(6-12)9-4-2-3-5-10(9)11/h2-5,8H,6-7,12H2,1H3. The summed E-state index contributed by atoms with van der Waals surface area (Å²) in [5, 5.41) is 0. The van der Waals surface area contributed by atoms with Crippen molar-refractivity contribution in [2.24, 2.45) is 5.73 Å². The minimum Gasteiger partial charge on any atom is -0.330 e. The molecule has 0 radical (unpaired) electrons. The van der Waals surface area contributed by atoms with Crippen molar-refractivity contribution in [1.29, 1.82) is 0 Å². The highest BCUT2D eigenvalue weighted by Crippen LogP contribution is 2.19. The lowest BCUT2D eigenvalue weighted by molar-refractivity contribution is 0.575. The molecule has 0 aliphatic heterocycles. The lowest BCUT2D eigenvalue weighted by Crippen LogP contribution is -2.22. The predicted molar refractivity (Wildman–Crippen MR) is 57.9 cm³/mol. The number of nitrogens with two attached hydrogens (primary N) is 1. The maximum Gasteiger partial charge on any atom is 0.148 e. The maximum atomic E-state index is 13.4. The summed E-state index contributed by atoms with van der Waals surface area (Å²) in [4.78, 5) is 0. The lowest BCUT2D eigenvalue weighted by atomic mass is 10.0. The molecule has 1 aromatic carbocycles. The normalized spacial score (nSPS) is 13.8. The summed E-state index contributed by atoms with van der Waals surface area (Å²) < 4.78 is 35.6. The molecule has 1 atom stereocenters. The second kappa shape index (κ2) is 4.72. The summed E-state index contributed by atoms with van der Waals surface area (Å²) in [5.74, 6) is -0.998. The maximum absolute atomic E-state index is 13.4. The third kappa shape index (κ3) is 3.60. The van der Waals surface area contributed by atoms with Crippen LogP contribution in [0.3, 0.4) is 0 Å². The van der Waals surface area contributed by atoms with Crippen molar-refractivity contribution < 1.29 is 12.8 Å². The fraction of sp³-hybridized carbons (Fsp3) is 0.400. The lowest BCUT2D eigenvalue weighted by Gasteiger charge is -2.14. The third-order valence-electron chi connectivity index (χ3n) is 2.13. The molecule has 1 aromatic rings. The highest BCUT2D eigenvalue weighted by molar-refractivity contribution is 7.90. The van der Waals surface area contributed by atoms with E-state index in [9.17, 15) is 12.8 Å². The summed E-state index contributed by atoms with van der Waals surface area (Å²) >= 11 is 0. The second-order valence-corrected chi connectivity index (χ2v) is 5.73. The van der Waals surface area contributed by atoms with Crippen LogP contribution in [0.15, 0.2) is 24.3 Å². The molecule has 0 bridgehead atoms. The van der Waals surface area contributed by atoms with Gasteiger partial charge in [-0.2, -0.15) is 0 Å². The van der Waals surface area contributed by atoms with Gasteiger partial charge >= 0.3 is 0 Å². The molecule has 1 rings (SSSR count). The Bertz CT molecular complexity index is 431. The molecule has 5 heteroatoms. The van der Waals surface area contributed by atoms with E-state index in [-0.39, 0.29) is 12.3 Å². The zero-order chi connectivity index (χ0) is 11.5. The Kier molecular flexibility index (Phi) is 3.82. The van der Waals surface area contributed by atoms with E-state index < -0.39 is 21.6 Å². The van der Waals surface area contributed by atoms with E-state index in [0.29, 0.717) is 5.56 Å². The summed E-state index contributed by atoms with van der Waals surface area (Å²) in [5.41, 5.74) is 5.82. The first-order valence-corrected chi connectivity index (χ1v) is 6.62. The average Bonchev–Trinajstić information content (AvgIpc) is 2.14. The van der Waals surface area contributed by atoms with Crippen molar-refractivity contribution in [3.8, 4) is 0 Å². The van der Waals surface area contributed by atoms with Gasteiger partial charge in [0.15, 0.2) is 0 Å². The fourth-order valence-corrected chi connectivity index (χ4v) is 2.50. The molecule has 0 aromatic heterocycles. The van der Waals surface area contributed by atoms with Gasteiger partial charge in [0.05, 0.1) is 5.75 Å². The molecule has 0 amide bonds. The Labute approximate surface area is 89.0 Å². The predicted octanol–water partition coefficient (Wildman–Crippen LogP) is 0.913. The number of hydrogen-bond acceptors (Lipinski definition) is 3. The molecule has 3 nitrogen and oxygen atoms in total. The number of benzene rings is 1. The van der Waals surface area contributed by atoms with E-state index in [1.165, 1.54) is 6.07 Å². The largest absolute Gasteiger partial charge is 0.330 e. The Morgan fingerprint density at radius 3 is 2.47 bits per heavy atom. The minimum absolute atomic E-state index is 0.119. The molecule has 0 aliphatic carbocycles. The zero-order valence-electron chi connectivity index (χ0n) is 8.48. The molecule has 2 N–H and O–H groups in total. The van der Waals surface area contributed by atoms with Crippen LogP contribution in [0.25, 0.3) is 0 Å². The summed E-state index contributed by atoms with van der Waals surface area (Å²) in [6.07, 6.45) is 1.12. The van der Waals surface area contributed by atoms with Gasteiger partial charge < -0.3 is 5.73 Å². The molecule has 0 saturated carbocycles. The second-order valence-electron chi connectivity index (χ2n) is 3.55. The molecule has 15 heavy (non-hydrogen) atoms. The van der Waals surface area contributed by atoms with Crippen LogP contribution in [-0.4, -0.2) is 27.0 Å². The minimum atomic E-state index is -3.15. The van der Waals surface area contributed by atoms with Gasteiger partial charge in [-0.15, -0.1) is 0 Å². The molecule has 1 unspecified atom stereocenters. The smallest absolute Gasteiger partial charge is 0.148 e. The molecule has 84 valence electrons. The summed E-state index contributed by atoms with van der Waals surface area (Å²) in [7, 11) is -3.15. The first-order chi connectivity index (χ1) is 6.94. The molecule has 0 heterocycles. The monoisotopic (exact) mass is 231 g/mol. The first-order valence-electron chi connectivity index (χ1n) is 4.56. The number of sulfone groups is 1. The number of rotatable bonds is 4. The van der Waals surface area contributed by atoms with Crippen LogP contribution in [-0.2, 0) is 9.84 Å². The molecular formula is C10H14FNO2S. The Morgan fingerprint density at radius 1 is 1.40 bits per heavy atom. The molecule has 0 aliphatic rings. The van der Waals surface area contributed by atoms with Crippen LogP contribution < -0.4 is 5.73 Å². The van der Waals surface area contributed by atoms with Crippen molar-refractivity contribution in [1.82, 2.24) is 0 Å². The zero-order valence-corrected chi connectivity index (χ0v) is 9.30.